The van der Waals surface area contributed by atoms with E-state index in [1.54, 1.807) is 0 Å². The number of nitrogens with zero attached hydrogens (tertiary/aromatic N) is 1. The second-order valence-electron chi connectivity index (χ2n) is 2.79. The average Bonchev–Trinajstić information content (AvgIpc) is 2.50. The number of aromatic nitrogens is 1. The molecule has 62 valence electrons. The molecule has 0 aliphatic rings. The van der Waals surface area contributed by atoms with Crippen LogP contribution >= 0.6 is 0 Å². The Labute approximate surface area is 68.2 Å². The summed E-state index contributed by atoms with van der Waals surface area (Å²) >= 11 is 0. The standard InChI is InChI=1S/C9H16N2/c1-4-11-6-5-9(7-11)8(2)10-3/h5-8,10H,4H2,1-3H3. The van der Waals surface area contributed by atoms with Crippen LogP contribution in [0.15, 0.2) is 18.5 Å². The molecule has 11 heavy (non-hydrogen) atoms. The van der Waals surface area contributed by atoms with Crippen LogP contribution in [0.5, 0.6) is 0 Å². The maximum absolute atomic E-state index is 3.21. The van der Waals surface area contributed by atoms with Crippen LogP contribution in [0.4, 0.5) is 0 Å². The Morgan fingerprint density at radius 3 is 2.82 bits per heavy atom. The third-order valence-corrected chi connectivity index (χ3v) is 2.07. The zero-order valence-electron chi connectivity index (χ0n) is 7.46. The first-order valence-corrected chi connectivity index (χ1v) is 4.11. The predicted molar refractivity (Wildman–Crippen MR) is 47.6 cm³/mol. The van der Waals surface area contributed by atoms with Gasteiger partial charge in [0.2, 0.25) is 0 Å². The molecule has 0 bridgehead atoms. The fourth-order valence-electron chi connectivity index (χ4n) is 1.08. The molecule has 0 aliphatic carbocycles. The van der Waals surface area contributed by atoms with E-state index < -0.39 is 0 Å². The highest BCUT2D eigenvalue weighted by atomic mass is 14.9. The molecule has 2 heteroatoms. The van der Waals surface area contributed by atoms with Crippen LogP contribution in [0, 0.1) is 0 Å². The van der Waals surface area contributed by atoms with Crippen molar-refractivity contribution in [3.63, 3.8) is 0 Å². The molecule has 1 N–H and O–H groups in total. The molecular formula is C9H16N2. The van der Waals surface area contributed by atoms with E-state index in [-0.39, 0.29) is 0 Å². The highest BCUT2D eigenvalue weighted by Crippen LogP contribution is 2.11. The molecule has 0 amide bonds. The van der Waals surface area contributed by atoms with Crippen molar-refractivity contribution in [1.82, 2.24) is 9.88 Å². The second kappa shape index (κ2) is 3.58. The average molecular weight is 152 g/mol. The van der Waals surface area contributed by atoms with Crippen molar-refractivity contribution in [2.24, 2.45) is 0 Å². The van der Waals surface area contributed by atoms with Crippen molar-refractivity contribution in [2.75, 3.05) is 7.05 Å². The Kier molecular flexibility index (Phi) is 2.71. The van der Waals surface area contributed by atoms with Crippen LogP contribution < -0.4 is 5.32 Å². The van der Waals surface area contributed by atoms with Gasteiger partial charge < -0.3 is 9.88 Å². The number of rotatable bonds is 3. The quantitative estimate of drug-likeness (QED) is 0.698. The van der Waals surface area contributed by atoms with E-state index in [1.165, 1.54) is 5.56 Å². The molecule has 1 atom stereocenters. The van der Waals surface area contributed by atoms with Gasteiger partial charge in [0.1, 0.15) is 0 Å². The van der Waals surface area contributed by atoms with Crippen LogP contribution in [-0.2, 0) is 6.54 Å². The summed E-state index contributed by atoms with van der Waals surface area (Å²) in [7, 11) is 1.98. The van der Waals surface area contributed by atoms with E-state index >= 15 is 0 Å². The number of hydrogen-bond acceptors (Lipinski definition) is 1. The highest BCUT2D eigenvalue weighted by molar-refractivity contribution is 5.14. The van der Waals surface area contributed by atoms with Crippen molar-refractivity contribution >= 4 is 0 Å². The minimum absolute atomic E-state index is 0.461. The topological polar surface area (TPSA) is 17.0 Å². The molecule has 0 aromatic carbocycles. The van der Waals surface area contributed by atoms with Crippen LogP contribution in [0.3, 0.4) is 0 Å². The molecule has 0 radical (unpaired) electrons. The second-order valence-corrected chi connectivity index (χ2v) is 2.79. The molecule has 0 spiro atoms. The van der Waals surface area contributed by atoms with E-state index in [2.05, 4.69) is 42.2 Å². The van der Waals surface area contributed by atoms with Gasteiger partial charge in [-0.2, -0.15) is 0 Å². The fourth-order valence-corrected chi connectivity index (χ4v) is 1.08. The zero-order chi connectivity index (χ0) is 8.27. The first kappa shape index (κ1) is 8.34. The van der Waals surface area contributed by atoms with E-state index in [0.717, 1.165) is 6.54 Å². The maximum Gasteiger partial charge on any atom is 0.0304 e. The SMILES string of the molecule is CCn1ccc(C(C)NC)c1. The molecule has 2 nitrogen and oxygen atoms in total. The minimum Gasteiger partial charge on any atom is -0.354 e. The van der Waals surface area contributed by atoms with Gasteiger partial charge in [0.15, 0.2) is 0 Å². The van der Waals surface area contributed by atoms with Gasteiger partial charge in [-0.25, -0.2) is 0 Å². The summed E-state index contributed by atoms with van der Waals surface area (Å²) in [4.78, 5) is 0. The van der Waals surface area contributed by atoms with Crippen LogP contribution in [0.25, 0.3) is 0 Å². The Morgan fingerprint density at radius 1 is 1.64 bits per heavy atom. The zero-order valence-corrected chi connectivity index (χ0v) is 7.46. The molecule has 1 aromatic heterocycles. The first-order chi connectivity index (χ1) is 5.27. The summed E-state index contributed by atoms with van der Waals surface area (Å²) in [6, 6.07) is 2.62. The highest BCUT2D eigenvalue weighted by Gasteiger charge is 2.02. The van der Waals surface area contributed by atoms with Crippen molar-refractivity contribution in [2.45, 2.75) is 26.4 Å². The van der Waals surface area contributed by atoms with Gasteiger partial charge in [-0.1, -0.05) is 0 Å². The Balaban J connectivity index is 2.71. The van der Waals surface area contributed by atoms with Crippen molar-refractivity contribution in [3.05, 3.63) is 24.0 Å². The predicted octanol–water partition coefficient (Wildman–Crippen LogP) is 1.79. The largest absolute Gasteiger partial charge is 0.354 e. The normalized spacial score (nSPS) is 13.4. The summed E-state index contributed by atoms with van der Waals surface area (Å²) in [6.07, 6.45) is 4.30. The molecule has 0 fully saturated rings. The van der Waals surface area contributed by atoms with Gasteiger partial charge in [-0.3, -0.25) is 0 Å². The van der Waals surface area contributed by atoms with Gasteiger partial charge in [-0.15, -0.1) is 0 Å². The summed E-state index contributed by atoms with van der Waals surface area (Å²) in [6.45, 7) is 5.36. The van der Waals surface area contributed by atoms with Crippen molar-refractivity contribution < 1.29 is 0 Å². The van der Waals surface area contributed by atoms with Crippen LogP contribution in [0.2, 0.25) is 0 Å². The molecular weight excluding hydrogens is 136 g/mol. The Morgan fingerprint density at radius 2 is 2.36 bits per heavy atom. The Hall–Kier alpha value is -0.760. The lowest BCUT2D eigenvalue weighted by Crippen LogP contribution is -2.11. The van der Waals surface area contributed by atoms with Gasteiger partial charge in [0.25, 0.3) is 0 Å². The van der Waals surface area contributed by atoms with E-state index in [0.29, 0.717) is 6.04 Å². The minimum atomic E-state index is 0.461. The third kappa shape index (κ3) is 1.84. The smallest absolute Gasteiger partial charge is 0.0304 e. The van der Waals surface area contributed by atoms with E-state index in [4.69, 9.17) is 0 Å². The van der Waals surface area contributed by atoms with Crippen LogP contribution in [-0.4, -0.2) is 11.6 Å². The molecule has 1 heterocycles. The molecule has 1 unspecified atom stereocenters. The summed E-state index contributed by atoms with van der Waals surface area (Å²) in [5, 5.41) is 3.21. The van der Waals surface area contributed by atoms with E-state index in [1.807, 2.05) is 7.05 Å². The van der Waals surface area contributed by atoms with Gasteiger partial charge in [0, 0.05) is 25.0 Å². The molecule has 1 rings (SSSR count). The maximum atomic E-state index is 3.21. The molecule has 0 saturated heterocycles. The van der Waals surface area contributed by atoms with Crippen molar-refractivity contribution in [3.8, 4) is 0 Å². The van der Waals surface area contributed by atoms with Crippen LogP contribution in [0.1, 0.15) is 25.5 Å². The lowest BCUT2D eigenvalue weighted by molar-refractivity contribution is 0.648. The molecule has 0 saturated carbocycles. The Bertz CT molecular complexity index is 215. The van der Waals surface area contributed by atoms with Gasteiger partial charge in [-0.05, 0) is 32.5 Å². The number of aryl methyl sites for hydroxylation is 1. The van der Waals surface area contributed by atoms with E-state index in [9.17, 15) is 0 Å². The molecule has 1 aromatic rings. The number of nitrogens with one attached hydrogen (secondary N) is 1. The number of hydrogen-bond donors (Lipinski definition) is 1. The first-order valence-electron chi connectivity index (χ1n) is 4.11. The lowest BCUT2D eigenvalue weighted by Gasteiger charge is -2.06. The monoisotopic (exact) mass is 152 g/mol. The fraction of sp³-hybridized carbons (Fsp3) is 0.556. The summed E-state index contributed by atoms with van der Waals surface area (Å²) in [5.74, 6) is 0. The lowest BCUT2D eigenvalue weighted by atomic mass is 10.2. The summed E-state index contributed by atoms with van der Waals surface area (Å²) in [5.41, 5.74) is 1.36. The van der Waals surface area contributed by atoms with Crippen molar-refractivity contribution in [1.29, 1.82) is 0 Å². The third-order valence-electron chi connectivity index (χ3n) is 2.07. The van der Waals surface area contributed by atoms with Gasteiger partial charge in [0.05, 0.1) is 0 Å². The van der Waals surface area contributed by atoms with Gasteiger partial charge >= 0.3 is 0 Å². The summed E-state index contributed by atoms with van der Waals surface area (Å²) < 4.78 is 2.18. The molecule has 0 aliphatic heterocycles.